The maximum Gasteiger partial charge on any atom is 0.224 e. The van der Waals surface area contributed by atoms with Gasteiger partial charge in [0.1, 0.15) is 5.75 Å². The lowest BCUT2D eigenvalue weighted by molar-refractivity contribution is -0.120. The van der Waals surface area contributed by atoms with Crippen LogP contribution in [0.2, 0.25) is 5.02 Å². The summed E-state index contributed by atoms with van der Waals surface area (Å²) in [7, 11) is 1.63. The van der Waals surface area contributed by atoms with Gasteiger partial charge in [0.05, 0.1) is 32.8 Å². The molecule has 6 heteroatoms. The van der Waals surface area contributed by atoms with Crippen molar-refractivity contribution < 1.29 is 14.3 Å². The molecule has 1 saturated heterocycles. The number of nitrogens with one attached hydrogen (secondary N) is 1. The number of nitrogens with zero attached hydrogens (tertiary/aromatic N) is 1. The Kier molecular flexibility index (Phi) is 7.10. The molecule has 0 radical (unpaired) electrons. The highest BCUT2D eigenvalue weighted by Crippen LogP contribution is 2.23. The molecule has 1 aliphatic heterocycles. The van der Waals surface area contributed by atoms with Crippen molar-refractivity contribution in [2.45, 2.75) is 12.5 Å². The summed E-state index contributed by atoms with van der Waals surface area (Å²) in [6.45, 7) is 3.67. The van der Waals surface area contributed by atoms with Crippen molar-refractivity contribution in [2.24, 2.45) is 0 Å². The second kappa shape index (κ2) is 9.74. The molecule has 5 nitrogen and oxygen atoms in total. The van der Waals surface area contributed by atoms with Gasteiger partial charge in [-0.1, -0.05) is 35.9 Å². The van der Waals surface area contributed by atoms with Gasteiger partial charge >= 0.3 is 0 Å². The van der Waals surface area contributed by atoms with Crippen molar-refractivity contribution in [1.82, 2.24) is 10.2 Å². The van der Waals surface area contributed by atoms with Crippen LogP contribution in [0.4, 0.5) is 0 Å². The van der Waals surface area contributed by atoms with Gasteiger partial charge in [-0.25, -0.2) is 0 Å². The fourth-order valence-corrected chi connectivity index (χ4v) is 3.36. The molecule has 1 atom stereocenters. The Hall–Kier alpha value is -2.08. The van der Waals surface area contributed by atoms with Gasteiger partial charge in [0.2, 0.25) is 5.91 Å². The van der Waals surface area contributed by atoms with Crippen LogP contribution in [0, 0.1) is 0 Å². The first-order valence-electron chi connectivity index (χ1n) is 9.12. The number of carbonyl (C=O) groups excluding carboxylic acids is 1. The fourth-order valence-electron chi connectivity index (χ4n) is 3.23. The van der Waals surface area contributed by atoms with E-state index in [2.05, 4.69) is 10.2 Å². The first kappa shape index (κ1) is 19.7. The zero-order valence-corrected chi connectivity index (χ0v) is 16.2. The zero-order valence-electron chi connectivity index (χ0n) is 15.5. The molecule has 1 aliphatic rings. The second-order valence-electron chi connectivity index (χ2n) is 6.54. The van der Waals surface area contributed by atoms with Crippen LogP contribution in [-0.2, 0) is 16.0 Å². The van der Waals surface area contributed by atoms with Gasteiger partial charge in [-0.3, -0.25) is 9.69 Å². The summed E-state index contributed by atoms with van der Waals surface area (Å²) in [4.78, 5) is 14.8. The summed E-state index contributed by atoms with van der Waals surface area (Å²) in [5, 5.41) is 3.80. The average molecular weight is 389 g/mol. The van der Waals surface area contributed by atoms with Crippen molar-refractivity contribution >= 4 is 17.5 Å². The number of ether oxygens (including phenoxy) is 2. The van der Waals surface area contributed by atoms with E-state index >= 15 is 0 Å². The lowest BCUT2D eigenvalue weighted by Crippen LogP contribution is -2.44. The number of morpholine rings is 1. The predicted octanol–water partition coefficient (Wildman–Crippen LogP) is 3.08. The molecule has 1 heterocycles. The summed E-state index contributed by atoms with van der Waals surface area (Å²) < 4.78 is 10.6. The number of halogens is 1. The minimum Gasteiger partial charge on any atom is -0.497 e. The van der Waals surface area contributed by atoms with Crippen LogP contribution in [0.3, 0.4) is 0 Å². The molecule has 27 heavy (non-hydrogen) atoms. The molecule has 144 valence electrons. The van der Waals surface area contributed by atoms with Gasteiger partial charge < -0.3 is 14.8 Å². The topological polar surface area (TPSA) is 50.8 Å². The van der Waals surface area contributed by atoms with Crippen LogP contribution < -0.4 is 10.1 Å². The summed E-state index contributed by atoms with van der Waals surface area (Å²) >= 11 is 6.03. The largest absolute Gasteiger partial charge is 0.497 e. The molecule has 1 N–H and O–H groups in total. The Morgan fingerprint density at radius 1 is 1.15 bits per heavy atom. The van der Waals surface area contributed by atoms with E-state index < -0.39 is 0 Å². The standard InChI is InChI=1S/C21H25ClN2O3/c1-26-19-8-2-16(3-9-19)14-21(25)23-15-20(24-10-12-27-13-11-24)17-4-6-18(22)7-5-17/h2-9,20H,10-15H2,1H3,(H,23,25)/t20-/m0/s1. The zero-order chi connectivity index (χ0) is 19.1. The predicted molar refractivity (Wildman–Crippen MR) is 106 cm³/mol. The highest BCUT2D eigenvalue weighted by atomic mass is 35.5. The summed E-state index contributed by atoms with van der Waals surface area (Å²) in [5.74, 6) is 0.793. The Labute approximate surface area is 165 Å². The molecule has 3 rings (SSSR count). The van der Waals surface area contributed by atoms with Crippen LogP contribution in [0.5, 0.6) is 5.75 Å². The van der Waals surface area contributed by atoms with E-state index in [9.17, 15) is 4.79 Å². The van der Waals surface area contributed by atoms with Crippen LogP contribution in [0.1, 0.15) is 17.2 Å². The Morgan fingerprint density at radius 2 is 1.81 bits per heavy atom. The quantitative estimate of drug-likeness (QED) is 0.792. The van der Waals surface area contributed by atoms with Crippen LogP contribution in [-0.4, -0.2) is 50.8 Å². The van der Waals surface area contributed by atoms with E-state index in [4.69, 9.17) is 21.1 Å². The molecular weight excluding hydrogens is 364 g/mol. The number of amides is 1. The van der Waals surface area contributed by atoms with Gasteiger partial charge in [-0.05, 0) is 35.4 Å². The van der Waals surface area contributed by atoms with Crippen LogP contribution in [0.15, 0.2) is 48.5 Å². The van der Waals surface area contributed by atoms with Crippen molar-refractivity contribution in [3.63, 3.8) is 0 Å². The molecule has 1 amide bonds. The van der Waals surface area contributed by atoms with Gasteiger partial charge in [-0.15, -0.1) is 0 Å². The van der Waals surface area contributed by atoms with E-state index in [1.807, 2.05) is 48.5 Å². The van der Waals surface area contributed by atoms with E-state index in [0.29, 0.717) is 31.2 Å². The number of benzene rings is 2. The van der Waals surface area contributed by atoms with Gasteiger partial charge in [0, 0.05) is 24.7 Å². The Bertz CT molecular complexity index is 728. The highest BCUT2D eigenvalue weighted by Gasteiger charge is 2.23. The molecule has 0 aromatic heterocycles. The van der Waals surface area contributed by atoms with Crippen molar-refractivity contribution in [3.8, 4) is 5.75 Å². The summed E-state index contributed by atoms with van der Waals surface area (Å²) in [6, 6.07) is 15.5. The first-order valence-corrected chi connectivity index (χ1v) is 9.50. The summed E-state index contributed by atoms with van der Waals surface area (Å²) in [6.07, 6.45) is 0.348. The molecule has 0 unspecified atom stereocenters. The lowest BCUT2D eigenvalue weighted by Gasteiger charge is -2.35. The van der Waals surface area contributed by atoms with Crippen molar-refractivity contribution in [2.75, 3.05) is 40.0 Å². The van der Waals surface area contributed by atoms with Gasteiger partial charge in [0.25, 0.3) is 0 Å². The molecular formula is C21H25ClN2O3. The Morgan fingerprint density at radius 3 is 2.44 bits per heavy atom. The minimum atomic E-state index is 0.00684. The monoisotopic (exact) mass is 388 g/mol. The maximum absolute atomic E-state index is 12.4. The number of rotatable bonds is 7. The molecule has 2 aromatic carbocycles. The molecule has 0 aliphatic carbocycles. The maximum atomic E-state index is 12.4. The molecule has 0 spiro atoms. The average Bonchev–Trinajstić information content (AvgIpc) is 2.71. The van der Waals surface area contributed by atoms with Crippen LogP contribution >= 0.6 is 11.6 Å². The minimum absolute atomic E-state index is 0.00684. The molecule has 2 aromatic rings. The third-order valence-electron chi connectivity index (χ3n) is 4.76. The first-order chi connectivity index (χ1) is 13.2. The van der Waals surface area contributed by atoms with Gasteiger partial charge in [-0.2, -0.15) is 0 Å². The third-order valence-corrected chi connectivity index (χ3v) is 5.01. The molecule has 0 bridgehead atoms. The summed E-state index contributed by atoms with van der Waals surface area (Å²) in [5.41, 5.74) is 2.11. The highest BCUT2D eigenvalue weighted by molar-refractivity contribution is 6.30. The van der Waals surface area contributed by atoms with E-state index in [-0.39, 0.29) is 11.9 Å². The number of hydrogen-bond acceptors (Lipinski definition) is 4. The normalized spacial score (nSPS) is 15.9. The number of methoxy groups -OCH3 is 1. The molecule has 1 fully saturated rings. The van der Waals surface area contributed by atoms with E-state index in [1.54, 1.807) is 7.11 Å². The van der Waals surface area contributed by atoms with E-state index in [1.165, 1.54) is 0 Å². The fraction of sp³-hybridized carbons (Fsp3) is 0.381. The molecule has 0 saturated carbocycles. The number of carbonyl (C=O) groups is 1. The van der Waals surface area contributed by atoms with Gasteiger partial charge in [0.15, 0.2) is 0 Å². The lowest BCUT2D eigenvalue weighted by atomic mass is 10.0. The second-order valence-corrected chi connectivity index (χ2v) is 6.98. The smallest absolute Gasteiger partial charge is 0.224 e. The van der Waals surface area contributed by atoms with Crippen LogP contribution in [0.25, 0.3) is 0 Å². The Balaban J connectivity index is 1.62. The third kappa shape index (κ3) is 5.70. The van der Waals surface area contributed by atoms with Crippen molar-refractivity contribution in [3.05, 3.63) is 64.7 Å². The SMILES string of the molecule is COc1ccc(CC(=O)NC[C@@H](c2ccc(Cl)cc2)N2CCOCC2)cc1. The van der Waals surface area contributed by atoms with Crippen molar-refractivity contribution in [1.29, 1.82) is 0 Å². The number of hydrogen-bond donors (Lipinski definition) is 1. The van der Waals surface area contributed by atoms with E-state index in [0.717, 1.165) is 30.0 Å².